The molecule has 2 aliphatic rings. The van der Waals surface area contributed by atoms with Gasteiger partial charge in [0.2, 0.25) is 0 Å². The lowest BCUT2D eigenvalue weighted by atomic mass is 9.74. The van der Waals surface area contributed by atoms with Gasteiger partial charge >= 0.3 is 0 Å². The zero-order valence-electron chi connectivity index (χ0n) is 16.6. The summed E-state index contributed by atoms with van der Waals surface area (Å²) in [6, 6.07) is 9.26. The highest BCUT2D eigenvalue weighted by Gasteiger charge is 2.25. The van der Waals surface area contributed by atoms with Gasteiger partial charge in [-0.2, -0.15) is 5.26 Å². The third-order valence-electron chi connectivity index (χ3n) is 7.07. The van der Waals surface area contributed by atoms with Crippen molar-refractivity contribution in [1.29, 1.82) is 5.26 Å². The molecule has 3 rings (SSSR count). The summed E-state index contributed by atoms with van der Waals surface area (Å²) in [5.41, 5.74) is 1.33. The Labute approximate surface area is 164 Å². The van der Waals surface area contributed by atoms with E-state index in [9.17, 15) is 4.39 Å². The molecule has 0 bridgehead atoms. The number of hydrogen-bond acceptors (Lipinski definition) is 1. The van der Waals surface area contributed by atoms with Crippen LogP contribution in [0.4, 0.5) is 4.39 Å². The SMILES string of the molecule is N#C/C=C/CC[C@H]1CC[C@H](CC[C@H]2CC[C@H](c3ccc(F)cc3)CC2)CC1. The van der Waals surface area contributed by atoms with E-state index in [1.165, 1.54) is 76.2 Å². The van der Waals surface area contributed by atoms with Crippen molar-refractivity contribution in [3.63, 3.8) is 0 Å². The van der Waals surface area contributed by atoms with Gasteiger partial charge in [-0.15, -0.1) is 0 Å². The lowest BCUT2D eigenvalue weighted by Gasteiger charge is -2.32. The van der Waals surface area contributed by atoms with Gasteiger partial charge in [-0.05, 0) is 79.9 Å². The lowest BCUT2D eigenvalue weighted by Crippen LogP contribution is -2.17. The van der Waals surface area contributed by atoms with Gasteiger partial charge in [0.25, 0.3) is 0 Å². The maximum absolute atomic E-state index is 13.1. The Morgan fingerprint density at radius 1 is 0.815 bits per heavy atom. The summed E-state index contributed by atoms with van der Waals surface area (Å²) in [7, 11) is 0. The molecule has 1 aromatic carbocycles. The molecule has 1 aromatic rings. The van der Waals surface area contributed by atoms with Gasteiger partial charge in [-0.25, -0.2) is 4.39 Å². The number of benzene rings is 1. The number of nitrogens with zero attached hydrogens (tertiary/aromatic N) is 1. The molecule has 2 heteroatoms. The van der Waals surface area contributed by atoms with Crippen molar-refractivity contribution >= 4 is 0 Å². The van der Waals surface area contributed by atoms with Crippen molar-refractivity contribution in [1.82, 2.24) is 0 Å². The van der Waals surface area contributed by atoms with Gasteiger partial charge in [0.05, 0.1) is 6.07 Å². The molecule has 0 atom stereocenters. The van der Waals surface area contributed by atoms with Crippen molar-refractivity contribution in [2.75, 3.05) is 0 Å². The van der Waals surface area contributed by atoms with Crippen LogP contribution < -0.4 is 0 Å². The summed E-state index contributed by atoms with van der Waals surface area (Å²) >= 11 is 0. The maximum atomic E-state index is 13.1. The fourth-order valence-corrected chi connectivity index (χ4v) is 5.27. The molecule has 27 heavy (non-hydrogen) atoms. The first kappa shape index (κ1) is 20.1. The topological polar surface area (TPSA) is 23.8 Å². The van der Waals surface area contributed by atoms with Gasteiger partial charge in [0.15, 0.2) is 0 Å². The van der Waals surface area contributed by atoms with Gasteiger partial charge in [0, 0.05) is 6.08 Å². The molecule has 2 saturated carbocycles. The minimum atomic E-state index is -0.124. The average Bonchev–Trinajstić information content (AvgIpc) is 2.72. The number of hydrogen-bond donors (Lipinski definition) is 0. The molecule has 1 nitrogen and oxygen atoms in total. The highest BCUT2D eigenvalue weighted by molar-refractivity contribution is 5.20. The second-order valence-corrected chi connectivity index (χ2v) is 8.84. The molecule has 0 spiro atoms. The van der Waals surface area contributed by atoms with E-state index in [4.69, 9.17) is 5.26 Å². The van der Waals surface area contributed by atoms with Crippen LogP contribution in [0.25, 0.3) is 0 Å². The summed E-state index contributed by atoms with van der Waals surface area (Å²) in [5, 5.41) is 8.54. The van der Waals surface area contributed by atoms with Crippen molar-refractivity contribution in [2.24, 2.45) is 17.8 Å². The van der Waals surface area contributed by atoms with Crippen LogP contribution in [-0.2, 0) is 0 Å². The quantitative estimate of drug-likeness (QED) is 0.456. The van der Waals surface area contributed by atoms with E-state index in [1.54, 1.807) is 18.2 Å². The van der Waals surface area contributed by atoms with Gasteiger partial charge in [-0.3, -0.25) is 0 Å². The molecule has 0 radical (unpaired) electrons. The van der Waals surface area contributed by atoms with Crippen LogP contribution in [0.5, 0.6) is 0 Å². The molecule has 0 saturated heterocycles. The van der Waals surface area contributed by atoms with E-state index in [0.29, 0.717) is 5.92 Å². The third-order valence-corrected chi connectivity index (χ3v) is 7.07. The van der Waals surface area contributed by atoms with Crippen molar-refractivity contribution < 1.29 is 4.39 Å². The first-order chi connectivity index (χ1) is 13.2. The van der Waals surface area contributed by atoms with Crippen LogP contribution in [0.3, 0.4) is 0 Å². The van der Waals surface area contributed by atoms with E-state index < -0.39 is 0 Å². The molecule has 0 aromatic heterocycles. The fourth-order valence-electron chi connectivity index (χ4n) is 5.27. The summed E-state index contributed by atoms with van der Waals surface area (Å²) < 4.78 is 13.1. The minimum Gasteiger partial charge on any atom is -0.207 e. The standard InChI is InChI=1S/C25H34FN/c26-25-17-15-24(16-18-25)23-13-11-22(12-14-23)10-9-21-7-5-20(6-8-21)4-2-1-3-19-27/h1,3,15-18,20-23H,2,4-14H2/b3-1+/t20-,21-,22-,23-. The number of nitriles is 1. The van der Waals surface area contributed by atoms with Gasteiger partial charge < -0.3 is 0 Å². The first-order valence-corrected chi connectivity index (χ1v) is 11.0. The monoisotopic (exact) mass is 367 g/mol. The van der Waals surface area contributed by atoms with E-state index in [1.807, 2.05) is 18.2 Å². The van der Waals surface area contributed by atoms with Crippen molar-refractivity contribution in [3.8, 4) is 6.07 Å². The second kappa shape index (κ2) is 10.6. The van der Waals surface area contributed by atoms with Gasteiger partial charge in [-0.1, -0.05) is 56.7 Å². The Morgan fingerprint density at radius 3 is 1.89 bits per heavy atom. The van der Waals surface area contributed by atoms with E-state index in [0.717, 1.165) is 24.2 Å². The summed E-state index contributed by atoms with van der Waals surface area (Å²) in [4.78, 5) is 0. The predicted molar refractivity (Wildman–Crippen MR) is 110 cm³/mol. The Balaban J connectivity index is 1.30. The summed E-state index contributed by atoms with van der Waals surface area (Å²) in [6.07, 6.45) is 19.7. The van der Waals surface area contributed by atoms with Gasteiger partial charge in [0.1, 0.15) is 5.82 Å². The van der Waals surface area contributed by atoms with Crippen LogP contribution in [-0.4, -0.2) is 0 Å². The number of allylic oxidation sites excluding steroid dienone is 2. The number of halogens is 1. The molecule has 2 aliphatic carbocycles. The van der Waals surface area contributed by atoms with E-state index in [2.05, 4.69) is 6.07 Å². The second-order valence-electron chi connectivity index (χ2n) is 8.84. The average molecular weight is 368 g/mol. The zero-order valence-corrected chi connectivity index (χ0v) is 16.6. The Hall–Kier alpha value is -1.62. The molecular weight excluding hydrogens is 333 g/mol. The summed E-state index contributed by atoms with van der Waals surface area (Å²) in [6.45, 7) is 0. The third kappa shape index (κ3) is 6.49. The van der Waals surface area contributed by atoms with Crippen LogP contribution in [0.1, 0.15) is 88.5 Å². The normalized spacial score (nSPS) is 28.9. The maximum Gasteiger partial charge on any atom is 0.123 e. The Bertz CT molecular complexity index is 611. The molecule has 146 valence electrons. The lowest BCUT2D eigenvalue weighted by molar-refractivity contribution is 0.225. The Kier molecular flexibility index (Phi) is 7.93. The van der Waals surface area contributed by atoms with Crippen molar-refractivity contribution in [2.45, 2.75) is 83.0 Å². The van der Waals surface area contributed by atoms with Crippen molar-refractivity contribution in [3.05, 3.63) is 47.8 Å². The number of rotatable bonds is 7. The zero-order chi connectivity index (χ0) is 18.9. The van der Waals surface area contributed by atoms with Crippen LogP contribution in [0.15, 0.2) is 36.4 Å². The highest BCUT2D eigenvalue weighted by atomic mass is 19.1. The molecule has 0 aliphatic heterocycles. The minimum absolute atomic E-state index is 0.124. The van der Waals surface area contributed by atoms with Crippen LogP contribution >= 0.6 is 0 Å². The largest absolute Gasteiger partial charge is 0.207 e. The van der Waals surface area contributed by atoms with E-state index in [-0.39, 0.29) is 5.82 Å². The first-order valence-electron chi connectivity index (χ1n) is 11.0. The molecule has 0 unspecified atom stereocenters. The predicted octanol–water partition coefficient (Wildman–Crippen LogP) is 7.55. The van der Waals surface area contributed by atoms with Crippen LogP contribution in [0, 0.1) is 34.9 Å². The fraction of sp³-hybridized carbons (Fsp3) is 0.640. The van der Waals surface area contributed by atoms with Crippen LogP contribution in [0.2, 0.25) is 0 Å². The smallest absolute Gasteiger partial charge is 0.123 e. The molecular formula is C25H34FN. The molecule has 2 fully saturated rings. The molecule has 0 heterocycles. The molecule has 0 N–H and O–H groups in total. The molecule has 0 amide bonds. The highest BCUT2D eigenvalue weighted by Crippen LogP contribution is 2.40. The summed E-state index contributed by atoms with van der Waals surface area (Å²) in [5.74, 6) is 3.27. The Morgan fingerprint density at radius 2 is 1.33 bits per heavy atom. The van der Waals surface area contributed by atoms with E-state index >= 15 is 0 Å².